The minimum Gasteiger partial charge on any atom is -0.436 e. The van der Waals surface area contributed by atoms with Crippen LogP contribution in [0.15, 0.2) is 42.6 Å². The summed E-state index contributed by atoms with van der Waals surface area (Å²) >= 11 is 0. The maximum Gasteiger partial charge on any atom is 0.242 e. The van der Waals surface area contributed by atoms with Gasteiger partial charge in [-0.05, 0) is 50.5 Å². The highest BCUT2D eigenvalue weighted by Crippen LogP contribution is 2.29. The SMILES string of the molecule is CC1CCCCN1C(=O)CNc1ccccc1Oc1ncccc1C#N. The summed E-state index contributed by atoms with van der Waals surface area (Å²) in [4.78, 5) is 18.6. The number of ether oxygens (including phenoxy) is 1. The molecule has 26 heavy (non-hydrogen) atoms. The molecule has 6 nitrogen and oxygen atoms in total. The number of anilines is 1. The monoisotopic (exact) mass is 350 g/mol. The van der Waals surface area contributed by atoms with Crippen LogP contribution in [0.5, 0.6) is 11.6 Å². The first-order chi connectivity index (χ1) is 12.7. The fraction of sp³-hybridized carbons (Fsp3) is 0.350. The molecule has 1 amide bonds. The summed E-state index contributed by atoms with van der Waals surface area (Å²) in [5, 5.41) is 12.3. The molecule has 2 heterocycles. The number of rotatable bonds is 5. The Balaban J connectivity index is 1.69. The zero-order valence-corrected chi connectivity index (χ0v) is 14.8. The third kappa shape index (κ3) is 4.12. The Morgan fingerprint density at radius 1 is 1.35 bits per heavy atom. The van der Waals surface area contributed by atoms with Crippen molar-refractivity contribution in [2.45, 2.75) is 32.2 Å². The number of likely N-dealkylation sites (tertiary alicyclic amines) is 1. The fourth-order valence-corrected chi connectivity index (χ4v) is 3.10. The van der Waals surface area contributed by atoms with Crippen molar-refractivity contribution in [2.75, 3.05) is 18.4 Å². The second-order valence-corrected chi connectivity index (χ2v) is 6.35. The third-order valence-corrected chi connectivity index (χ3v) is 4.54. The van der Waals surface area contributed by atoms with Crippen molar-refractivity contribution >= 4 is 11.6 Å². The molecular weight excluding hydrogens is 328 g/mol. The number of nitrogens with one attached hydrogen (secondary N) is 1. The smallest absolute Gasteiger partial charge is 0.242 e. The van der Waals surface area contributed by atoms with Gasteiger partial charge in [-0.1, -0.05) is 12.1 Å². The molecular formula is C20H22N4O2. The number of carbonyl (C=O) groups is 1. The summed E-state index contributed by atoms with van der Waals surface area (Å²) in [6, 6.07) is 13.0. The van der Waals surface area contributed by atoms with Crippen molar-refractivity contribution in [2.24, 2.45) is 0 Å². The van der Waals surface area contributed by atoms with Gasteiger partial charge in [0.25, 0.3) is 0 Å². The summed E-state index contributed by atoms with van der Waals surface area (Å²) in [5.41, 5.74) is 1.06. The number of hydrogen-bond donors (Lipinski definition) is 1. The number of piperidine rings is 1. The minimum absolute atomic E-state index is 0.0857. The molecule has 1 aliphatic heterocycles. The zero-order valence-electron chi connectivity index (χ0n) is 14.8. The average molecular weight is 350 g/mol. The van der Waals surface area contributed by atoms with Crippen LogP contribution < -0.4 is 10.1 Å². The second kappa shape index (κ2) is 8.34. The number of carbonyl (C=O) groups excluding carboxylic acids is 1. The molecule has 1 N–H and O–H groups in total. The lowest BCUT2D eigenvalue weighted by molar-refractivity contribution is -0.132. The molecule has 0 spiro atoms. The van der Waals surface area contributed by atoms with Gasteiger partial charge in [-0.3, -0.25) is 4.79 Å². The number of benzene rings is 1. The predicted octanol–water partition coefficient (Wildman–Crippen LogP) is 3.56. The maximum absolute atomic E-state index is 12.5. The molecule has 0 aliphatic carbocycles. The maximum atomic E-state index is 12.5. The molecule has 3 rings (SSSR count). The molecule has 1 fully saturated rings. The van der Waals surface area contributed by atoms with E-state index in [1.807, 2.05) is 23.1 Å². The van der Waals surface area contributed by atoms with E-state index >= 15 is 0 Å². The summed E-state index contributed by atoms with van der Waals surface area (Å²) in [7, 11) is 0. The lowest BCUT2D eigenvalue weighted by Crippen LogP contribution is -2.44. The van der Waals surface area contributed by atoms with Gasteiger partial charge in [-0.15, -0.1) is 0 Å². The van der Waals surface area contributed by atoms with E-state index in [0.717, 1.165) is 19.4 Å². The van der Waals surface area contributed by atoms with E-state index in [2.05, 4.69) is 23.3 Å². The Kier molecular flexibility index (Phi) is 5.69. The highest BCUT2D eigenvalue weighted by Gasteiger charge is 2.23. The molecule has 1 saturated heterocycles. The number of aromatic nitrogens is 1. The minimum atomic E-state index is 0.0857. The van der Waals surface area contributed by atoms with Crippen molar-refractivity contribution < 1.29 is 9.53 Å². The van der Waals surface area contributed by atoms with Crippen LogP contribution in [0.4, 0.5) is 5.69 Å². The van der Waals surface area contributed by atoms with Crippen LogP contribution in [0.3, 0.4) is 0 Å². The van der Waals surface area contributed by atoms with E-state index in [1.165, 1.54) is 6.42 Å². The average Bonchev–Trinajstić information content (AvgIpc) is 2.68. The number of para-hydroxylation sites is 2. The van der Waals surface area contributed by atoms with Gasteiger partial charge in [0.15, 0.2) is 5.75 Å². The number of amides is 1. The second-order valence-electron chi connectivity index (χ2n) is 6.35. The summed E-state index contributed by atoms with van der Waals surface area (Å²) in [6.07, 6.45) is 4.88. The first-order valence-electron chi connectivity index (χ1n) is 8.84. The highest BCUT2D eigenvalue weighted by atomic mass is 16.5. The molecule has 0 radical (unpaired) electrons. The van der Waals surface area contributed by atoms with Gasteiger partial charge in [0, 0.05) is 18.8 Å². The standard InChI is InChI=1S/C20H22N4O2/c1-15-7-4-5-12-24(15)19(25)14-23-17-9-2-3-10-18(17)26-20-16(13-21)8-6-11-22-20/h2-3,6,8-11,15,23H,4-5,7,12,14H2,1H3. The number of pyridine rings is 1. The van der Waals surface area contributed by atoms with E-state index < -0.39 is 0 Å². The largest absolute Gasteiger partial charge is 0.436 e. The quantitative estimate of drug-likeness (QED) is 0.892. The topological polar surface area (TPSA) is 78.2 Å². The van der Waals surface area contributed by atoms with Crippen LogP contribution in [-0.2, 0) is 4.79 Å². The highest BCUT2D eigenvalue weighted by molar-refractivity contribution is 5.81. The third-order valence-electron chi connectivity index (χ3n) is 4.54. The molecule has 1 atom stereocenters. The molecule has 1 aromatic carbocycles. The van der Waals surface area contributed by atoms with Crippen molar-refractivity contribution in [3.05, 3.63) is 48.2 Å². The van der Waals surface area contributed by atoms with E-state index in [0.29, 0.717) is 17.0 Å². The van der Waals surface area contributed by atoms with E-state index in [4.69, 9.17) is 4.74 Å². The van der Waals surface area contributed by atoms with Crippen LogP contribution in [0.2, 0.25) is 0 Å². The van der Waals surface area contributed by atoms with Crippen molar-refractivity contribution in [3.8, 4) is 17.7 Å². The molecule has 0 saturated carbocycles. The molecule has 1 unspecified atom stereocenters. The van der Waals surface area contributed by atoms with Crippen LogP contribution in [0.25, 0.3) is 0 Å². The van der Waals surface area contributed by atoms with Crippen molar-refractivity contribution in [3.63, 3.8) is 0 Å². The van der Waals surface area contributed by atoms with Crippen molar-refractivity contribution in [1.82, 2.24) is 9.88 Å². The fourth-order valence-electron chi connectivity index (χ4n) is 3.10. The Labute approximate surface area is 153 Å². The lowest BCUT2D eigenvalue weighted by atomic mass is 10.0. The first-order valence-corrected chi connectivity index (χ1v) is 8.84. The molecule has 1 aromatic heterocycles. The van der Waals surface area contributed by atoms with Gasteiger partial charge in [0.1, 0.15) is 11.6 Å². The predicted molar refractivity (Wildman–Crippen MR) is 99.0 cm³/mol. The van der Waals surface area contributed by atoms with Gasteiger partial charge in [0.2, 0.25) is 11.8 Å². The lowest BCUT2D eigenvalue weighted by Gasteiger charge is -2.33. The first kappa shape index (κ1) is 17.7. The number of nitriles is 1. The Morgan fingerprint density at radius 2 is 2.19 bits per heavy atom. The van der Waals surface area contributed by atoms with Crippen LogP contribution in [0, 0.1) is 11.3 Å². The van der Waals surface area contributed by atoms with E-state index in [1.54, 1.807) is 24.4 Å². The van der Waals surface area contributed by atoms with Crippen LogP contribution >= 0.6 is 0 Å². The van der Waals surface area contributed by atoms with Gasteiger partial charge in [-0.25, -0.2) is 4.98 Å². The van der Waals surface area contributed by atoms with Gasteiger partial charge in [0.05, 0.1) is 12.2 Å². The molecule has 0 bridgehead atoms. The Hall–Kier alpha value is -3.07. The Morgan fingerprint density at radius 3 is 3.00 bits per heavy atom. The number of hydrogen-bond acceptors (Lipinski definition) is 5. The normalized spacial score (nSPS) is 16.6. The molecule has 2 aromatic rings. The summed E-state index contributed by atoms with van der Waals surface area (Å²) in [5.74, 6) is 0.866. The molecule has 134 valence electrons. The van der Waals surface area contributed by atoms with E-state index in [-0.39, 0.29) is 24.4 Å². The van der Waals surface area contributed by atoms with Crippen LogP contribution in [0.1, 0.15) is 31.7 Å². The molecule has 6 heteroatoms. The molecule has 1 aliphatic rings. The Bertz CT molecular complexity index is 815. The van der Waals surface area contributed by atoms with Gasteiger partial charge < -0.3 is 15.0 Å². The van der Waals surface area contributed by atoms with Gasteiger partial charge >= 0.3 is 0 Å². The summed E-state index contributed by atoms with van der Waals surface area (Å²) < 4.78 is 5.81. The zero-order chi connectivity index (χ0) is 18.4. The van der Waals surface area contributed by atoms with E-state index in [9.17, 15) is 10.1 Å². The van der Waals surface area contributed by atoms with Crippen LogP contribution in [-0.4, -0.2) is 34.9 Å². The van der Waals surface area contributed by atoms with Gasteiger partial charge in [-0.2, -0.15) is 5.26 Å². The van der Waals surface area contributed by atoms with Crippen molar-refractivity contribution in [1.29, 1.82) is 5.26 Å². The number of nitrogens with zero attached hydrogens (tertiary/aromatic N) is 3. The summed E-state index contributed by atoms with van der Waals surface area (Å²) in [6.45, 7) is 3.12.